The minimum atomic E-state index is -1.41. The molecule has 0 heterocycles. The standard InChI is InChI=1S/C11H30O2Si3/c1-9-10-11(2,12-14(3)4)15(5)13-16(6,7)8/h14-15H,9-10H2,1-8H3. The first-order valence-electron chi connectivity index (χ1n) is 6.46. The van der Waals surface area contributed by atoms with Crippen LogP contribution in [0.25, 0.3) is 0 Å². The summed E-state index contributed by atoms with van der Waals surface area (Å²) in [4.78, 5) is 0. The predicted molar refractivity (Wildman–Crippen MR) is 80.7 cm³/mol. The zero-order valence-corrected chi connectivity index (χ0v) is 15.7. The first-order chi connectivity index (χ1) is 7.10. The first-order valence-corrected chi connectivity index (χ1v) is 14.9. The molecule has 0 rings (SSSR count). The van der Waals surface area contributed by atoms with Crippen LogP contribution in [0, 0.1) is 0 Å². The molecule has 98 valence electrons. The van der Waals surface area contributed by atoms with Crippen LogP contribution >= 0.6 is 0 Å². The maximum Gasteiger partial charge on any atom is 0.190 e. The average molecular weight is 279 g/mol. The molecule has 2 nitrogen and oxygen atoms in total. The topological polar surface area (TPSA) is 18.5 Å². The minimum Gasteiger partial charge on any atom is -0.456 e. The van der Waals surface area contributed by atoms with Gasteiger partial charge < -0.3 is 8.54 Å². The van der Waals surface area contributed by atoms with E-state index in [0.29, 0.717) is 0 Å². The summed E-state index contributed by atoms with van der Waals surface area (Å²) in [7, 11) is -3.65. The van der Waals surface area contributed by atoms with Crippen LogP contribution < -0.4 is 0 Å². The number of hydrogen-bond acceptors (Lipinski definition) is 2. The van der Waals surface area contributed by atoms with Gasteiger partial charge in [0, 0.05) is 0 Å². The minimum absolute atomic E-state index is 0.0510. The van der Waals surface area contributed by atoms with Crippen LogP contribution in [-0.4, -0.2) is 31.6 Å². The molecule has 0 N–H and O–H groups in total. The second kappa shape index (κ2) is 6.49. The molecule has 0 radical (unpaired) electrons. The SMILES string of the molecule is CCCC(C)(O[SiH](C)C)[SiH](C)O[Si](C)(C)C. The van der Waals surface area contributed by atoms with Gasteiger partial charge in [-0.25, -0.2) is 0 Å². The molecule has 0 bridgehead atoms. The van der Waals surface area contributed by atoms with Crippen molar-refractivity contribution in [3.05, 3.63) is 0 Å². The Bertz CT molecular complexity index is 204. The molecule has 0 saturated carbocycles. The summed E-state index contributed by atoms with van der Waals surface area (Å²) in [5.41, 5.74) is 0. The highest BCUT2D eigenvalue weighted by molar-refractivity contribution is 6.77. The summed E-state index contributed by atoms with van der Waals surface area (Å²) >= 11 is 0. The first kappa shape index (κ1) is 16.6. The summed E-state index contributed by atoms with van der Waals surface area (Å²) in [5, 5.41) is 0.0510. The molecule has 0 aliphatic carbocycles. The third-order valence-corrected chi connectivity index (χ3v) is 10.3. The van der Waals surface area contributed by atoms with Gasteiger partial charge in [0.2, 0.25) is 0 Å². The number of hydrogen-bond donors (Lipinski definition) is 0. The van der Waals surface area contributed by atoms with E-state index >= 15 is 0 Å². The van der Waals surface area contributed by atoms with Gasteiger partial charge in [-0.1, -0.05) is 13.3 Å². The fourth-order valence-electron chi connectivity index (χ4n) is 2.05. The van der Waals surface area contributed by atoms with Crippen LogP contribution in [-0.2, 0) is 8.54 Å². The Kier molecular flexibility index (Phi) is 6.72. The van der Waals surface area contributed by atoms with Gasteiger partial charge in [0.1, 0.15) is 0 Å². The van der Waals surface area contributed by atoms with Crippen molar-refractivity contribution in [1.29, 1.82) is 0 Å². The zero-order chi connectivity index (χ0) is 13.0. The van der Waals surface area contributed by atoms with Crippen LogP contribution in [0.15, 0.2) is 0 Å². The Morgan fingerprint density at radius 1 is 1.12 bits per heavy atom. The Morgan fingerprint density at radius 2 is 1.62 bits per heavy atom. The second-order valence-electron chi connectivity index (χ2n) is 6.10. The molecule has 0 aliphatic heterocycles. The Labute approximate surface area is 106 Å². The van der Waals surface area contributed by atoms with E-state index in [-0.39, 0.29) is 5.22 Å². The molecule has 2 atom stereocenters. The van der Waals surface area contributed by atoms with Crippen LogP contribution in [0.3, 0.4) is 0 Å². The van der Waals surface area contributed by atoms with Crippen molar-refractivity contribution < 1.29 is 8.54 Å². The lowest BCUT2D eigenvalue weighted by Gasteiger charge is -2.39. The molecule has 0 aromatic carbocycles. The van der Waals surface area contributed by atoms with Crippen molar-refractivity contribution in [3.63, 3.8) is 0 Å². The monoisotopic (exact) mass is 278 g/mol. The van der Waals surface area contributed by atoms with Gasteiger partial charge in [-0.15, -0.1) is 0 Å². The van der Waals surface area contributed by atoms with E-state index in [1.54, 1.807) is 0 Å². The lowest BCUT2D eigenvalue weighted by molar-refractivity contribution is 0.144. The lowest BCUT2D eigenvalue weighted by Crippen LogP contribution is -2.52. The molecule has 0 saturated heterocycles. The molecule has 0 aliphatic rings. The van der Waals surface area contributed by atoms with Gasteiger partial charge in [-0.05, 0) is 52.6 Å². The maximum atomic E-state index is 6.33. The molecule has 16 heavy (non-hydrogen) atoms. The van der Waals surface area contributed by atoms with Gasteiger partial charge >= 0.3 is 0 Å². The Hall–Kier alpha value is 0.571. The molecule has 0 aromatic rings. The smallest absolute Gasteiger partial charge is 0.190 e. The molecule has 0 spiro atoms. The number of rotatable bonds is 7. The zero-order valence-electron chi connectivity index (χ0n) is 12.4. The summed E-state index contributed by atoms with van der Waals surface area (Å²) < 4.78 is 12.6. The second-order valence-corrected chi connectivity index (χ2v) is 16.1. The van der Waals surface area contributed by atoms with Gasteiger partial charge in [0.25, 0.3) is 0 Å². The fourth-order valence-corrected chi connectivity index (χ4v) is 10.8. The predicted octanol–water partition coefficient (Wildman–Crippen LogP) is 3.29. The molecular weight excluding hydrogens is 248 g/mol. The van der Waals surface area contributed by atoms with Crippen molar-refractivity contribution in [2.45, 2.75) is 71.2 Å². The van der Waals surface area contributed by atoms with E-state index in [2.05, 4.69) is 53.1 Å². The normalized spacial score (nSPS) is 18.6. The molecule has 0 aromatic heterocycles. The van der Waals surface area contributed by atoms with Gasteiger partial charge in [0.15, 0.2) is 26.4 Å². The van der Waals surface area contributed by atoms with Gasteiger partial charge in [0.05, 0.1) is 5.22 Å². The lowest BCUT2D eigenvalue weighted by atomic mass is 10.2. The quantitative estimate of drug-likeness (QED) is 0.665. The van der Waals surface area contributed by atoms with Crippen molar-refractivity contribution in [2.24, 2.45) is 0 Å². The largest absolute Gasteiger partial charge is 0.456 e. The highest BCUT2D eigenvalue weighted by Gasteiger charge is 2.37. The van der Waals surface area contributed by atoms with E-state index in [1.165, 1.54) is 6.42 Å². The molecule has 0 amide bonds. The van der Waals surface area contributed by atoms with Crippen molar-refractivity contribution in [3.8, 4) is 0 Å². The highest BCUT2D eigenvalue weighted by Crippen LogP contribution is 2.25. The molecule has 5 heteroatoms. The molecular formula is C11H30O2Si3. The average Bonchev–Trinajstić information content (AvgIpc) is 1.99. The van der Waals surface area contributed by atoms with E-state index in [4.69, 9.17) is 8.54 Å². The summed E-state index contributed by atoms with van der Waals surface area (Å²) in [6.07, 6.45) is 2.33. The highest BCUT2D eigenvalue weighted by atomic mass is 28.4. The van der Waals surface area contributed by atoms with E-state index in [0.717, 1.165) is 6.42 Å². The van der Waals surface area contributed by atoms with Crippen LogP contribution in [0.4, 0.5) is 0 Å². The molecule has 0 fully saturated rings. The fraction of sp³-hybridized carbons (Fsp3) is 1.00. The van der Waals surface area contributed by atoms with Crippen LogP contribution in [0.5, 0.6) is 0 Å². The Morgan fingerprint density at radius 3 is 1.94 bits per heavy atom. The third kappa shape index (κ3) is 6.34. The van der Waals surface area contributed by atoms with E-state index in [9.17, 15) is 0 Å². The maximum absolute atomic E-state index is 6.33. The third-order valence-electron chi connectivity index (χ3n) is 2.64. The van der Waals surface area contributed by atoms with Crippen molar-refractivity contribution in [1.82, 2.24) is 0 Å². The summed E-state index contributed by atoms with van der Waals surface area (Å²) in [6.45, 7) is 18.2. The van der Waals surface area contributed by atoms with Crippen molar-refractivity contribution in [2.75, 3.05) is 0 Å². The Balaban J connectivity index is 4.62. The molecule has 2 unspecified atom stereocenters. The summed E-state index contributed by atoms with van der Waals surface area (Å²) in [6, 6.07) is 0. The summed E-state index contributed by atoms with van der Waals surface area (Å²) in [5.74, 6) is 0. The van der Waals surface area contributed by atoms with E-state index < -0.39 is 26.4 Å². The van der Waals surface area contributed by atoms with Gasteiger partial charge in [-0.2, -0.15) is 0 Å². The van der Waals surface area contributed by atoms with Crippen molar-refractivity contribution >= 4 is 26.4 Å². The van der Waals surface area contributed by atoms with Crippen LogP contribution in [0.2, 0.25) is 39.3 Å². The van der Waals surface area contributed by atoms with E-state index in [1.807, 2.05) is 0 Å². The van der Waals surface area contributed by atoms with Gasteiger partial charge in [-0.3, -0.25) is 0 Å². The van der Waals surface area contributed by atoms with Crippen LogP contribution in [0.1, 0.15) is 26.7 Å².